The van der Waals surface area contributed by atoms with Gasteiger partial charge in [0.1, 0.15) is 0 Å². The molecule has 0 radical (unpaired) electrons. The van der Waals surface area contributed by atoms with Gasteiger partial charge in [0, 0.05) is 35.5 Å². The molecule has 1 aromatic heterocycles. The Bertz CT molecular complexity index is 508. The van der Waals surface area contributed by atoms with E-state index in [0.29, 0.717) is 12.1 Å². The Morgan fingerprint density at radius 2 is 2.05 bits per heavy atom. The third-order valence-electron chi connectivity index (χ3n) is 2.79. The van der Waals surface area contributed by atoms with Gasteiger partial charge in [-0.3, -0.25) is 4.79 Å². The number of imidazole rings is 1. The molecule has 0 saturated heterocycles. The van der Waals surface area contributed by atoms with Crippen LogP contribution in [0.4, 0.5) is 0 Å². The van der Waals surface area contributed by atoms with Crippen molar-refractivity contribution >= 4 is 21.8 Å². The fourth-order valence-corrected chi connectivity index (χ4v) is 2.01. The molecule has 2 aromatic rings. The highest BCUT2D eigenvalue weighted by molar-refractivity contribution is 9.10. The number of carbonyl (C=O) groups excluding carboxylic acids is 1. The van der Waals surface area contributed by atoms with Crippen molar-refractivity contribution in [3.05, 3.63) is 53.0 Å². The fourth-order valence-electron chi connectivity index (χ4n) is 1.74. The van der Waals surface area contributed by atoms with E-state index in [1.807, 2.05) is 35.0 Å². The van der Waals surface area contributed by atoms with Gasteiger partial charge >= 0.3 is 0 Å². The van der Waals surface area contributed by atoms with Gasteiger partial charge in [-0.2, -0.15) is 0 Å². The predicted octanol–water partition coefficient (Wildman–Crippen LogP) is 2.86. The summed E-state index contributed by atoms with van der Waals surface area (Å²) < 4.78 is 3.01. The lowest BCUT2D eigenvalue weighted by molar-refractivity contribution is 0.0953. The number of carbonyl (C=O) groups is 1. The van der Waals surface area contributed by atoms with Crippen molar-refractivity contribution in [2.24, 2.45) is 0 Å². The van der Waals surface area contributed by atoms with Gasteiger partial charge < -0.3 is 9.88 Å². The normalized spacial score (nSPS) is 10.4. The van der Waals surface area contributed by atoms with Crippen molar-refractivity contribution in [1.29, 1.82) is 0 Å². The van der Waals surface area contributed by atoms with Crippen LogP contribution in [0.5, 0.6) is 0 Å². The molecule has 0 aliphatic heterocycles. The van der Waals surface area contributed by atoms with Crippen molar-refractivity contribution in [2.75, 3.05) is 6.54 Å². The largest absolute Gasteiger partial charge is 0.352 e. The number of hydrogen-bond donors (Lipinski definition) is 1. The van der Waals surface area contributed by atoms with Gasteiger partial charge in [-0.15, -0.1) is 0 Å². The second-order valence-electron chi connectivity index (χ2n) is 4.27. The fraction of sp³-hybridized carbons (Fsp3) is 0.286. The summed E-state index contributed by atoms with van der Waals surface area (Å²) in [6.07, 6.45) is 7.51. The van der Waals surface area contributed by atoms with Crippen molar-refractivity contribution in [3.8, 4) is 0 Å². The molecule has 0 unspecified atom stereocenters. The van der Waals surface area contributed by atoms with Gasteiger partial charge in [-0.05, 0) is 37.1 Å². The van der Waals surface area contributed by atoms with Crippen LogP contribution in [0.3, 0.4) is 0 Å². The molecule has 1 aromatic carbocycles. The van der Waals surface area contributed by atoms with Crippen LogP contribution in [0.2, 0.25) is 0 Å². The molecule has 0 bridgehead atoms. The number of halogens is 1. The average molecular weight is 322 g/mol. The van der Waals surface area contributed by atoms with E-state index >= 15 is 0 Å². The lowest BCUT2D eigenvalue weighted by Gasteiger charge is -2.06. The van der Waals surface area contributed by atoms with Gasteiger partial charge in [0.25, 0.3) is 5.91 Å². The second-order valence-corrected chi connectivity index (χ2v) is 5.19. The first-order chi connectivity index (χ1) is 9.25. The molecule has 0 aliphatic carbocycles. The highest BCUT2D eigenvalue weighted by Gasteiger charge is 2.03. The molecule has 1 amide bonds. The number of nitrogens with one attached hydrogen (secondary N) is 1. The van der Waals surface area contributed by atoms with E-state index < -0.39 is 0 Å². The summed E-state index contributed by atoms with van der Waals surface area (Å²) in [6, 6.07) is 7.36. The summed E-state index contributed by atoms with van der Waals surface area (Å²) in [5.41, 5.74) is 0.692. The lowest BCUT2D eigenvalue weighted by atomic mass is 10.2. The molecule has 0 aliphatic rings. The van der Waals surface area contributed by atoms with E-state index in [2.05, 4.69) is 26.2 Å². The van der Waals surface area contributed by atoms with Gasteiger partial charge in [-0.25, -0.2) is 4.98 Å². The number of unbranched alkanes of at least 4 members (excludes halogenated alkanes) is 1. The molecule has 0 fully saturated rings. The maximum atomic E-state index is 11.8. The first kappa shape index (κ1) is 13.8. The number of aryl methyl sites for hydroxylation is 1. The van der Waals surface area contributed by atoms with Crippen LogP contribution in [0, 0.1) is 0 Å². The minimum absolute atomic E-state index is 0.0184. The van der Waals surface area contributed by atoms with Crippen LogP contribution in [-0.2, 0) is 6.54 Å². The summed E-state index contributed by atoms with van der Waals surface area (Å²) in [4.78, 5) is 15.8. The highest BCUT2D eigenvalue weighted by Crippen LogP contribution is 2.10. The standard InChI is InChI=1S/C14H16BrN3O/c15-13-5-3-12(4-6-13)14(19)17-7-1-2-9-18-10-8-16-11-18/h3-6,8,10-11H,1-2,7,9H2,(H,17,19). The number of amides is 1. The number of hydrogen-bond acceptors (Lipinski definition) is 2. The third-order valence-corrected chi connectivity index (χ3v) is 3.32. The van der Waals surface area contributed by atoms with Crippen LogP contribution in [0.15, 0.2) is 47.5 Å². The van der Waals surface area contributed by atoms with Crippen molar-refractivity contribution < 1.29 is 4.79 Å². The zero-order valence-electron chi connectivity index (χ0n) is 10.6. The summed E-state index contributed by atoms with van der Waals surface area (Å²) in [7, 11) is 0. The van der Waals surface area contributed by atoms with Crippen molar-refractivity contribution in [2.45, 2.75) is 19.4 Å². The van der Waals surface area contributed by atoms with E-state index in [1.54, 1.807) is 12.5 Å². The predicted molar refractivity (Wildman–Crippen MR) is 77.9 cm³/mol. The third kappa shape index (κ3) is 4.52. The van der Waals surface area contributed by atoms with Crippen LogP contribution >= 0.6 is 15.9 Å². The summed E-state index contributed by atoms with van der Waals surface area (Å²) >= 11 is 3.35. The van der Waals surface area contributed by atoms with Crippen LogP contribution in [-0.4, -0.2) is 22.0 Å². The molecule has 19 heavy (non-hydrogen) atoms. The van der Waals surface area contributed by atoms with E-state index in [0.717, 1.165) is 23.9 Å². The van der Waals surface area contributed by atoms with Crippen molar-refractivity contribution in [1.82, 2.24) is 14.9 Å². The SMILES string of the molecule is O=C(NCCCCn1ccnc1)c1ccc(Br)cc1. The summed E-state index contributed by atoms with van der Waals surface area (Å²) in [5.74, 6) is -0.0184. The molecule has 1 heterocycles. The minimum atomic E-state index is -0.0184. The quantitative estimate of drug-likeness (QED) is 0.831. The Hall–Kier alpha value is -1.62. The zero-order valence-corrected chi connectivity index (χ0v) is 12.1. The lowest BCUT2D eigenvalue weighted by Crippen LogP contribution is -2.24. The van der Waals surface area contributed by atoms with Gasteiger partial charge in [-0.1, -0.05) is 15.9 Å². The van der Waals surface area contributed by atoms with E-state index in [4.69, 9.17) is 0 Å². The smallest absolute Gasteiger partial charge is 0.251 e. The molecule has 0 spiro atoms. The Labute approximate surface area is 121 Å². The first-order valence-corrected chi connectivity index (χ1v) is 7.04. The second kappa shape index (κ2) is 7.09. The molecule has 0 atom stereocenters. The van der Waals surface area contributed by atoms with Crippen LogP contribution in [0.25, 0.3) is 0 Å². The Kier molecular flexibility index (Phi) is 5.15. The monoisotopic (exact) mass is 321 g/mol. The van der Waals surface area contributed by atoms with E-state index in [-0.39, 0.29) is 5.91 Å². The number of benzene rings is 1. The van der Waals surface area contributed by atoms with Gasteiger partial charge in [0.05, 0.1) is 6.33 Å². The number of rotatable bonds is 6. The van der Waals surface area contributed by atoms with Gasteiger partial charge in [0.2, 0.25) is 0 Å². The topological polar surface area (TPSA) is 46.9 Å². The maximum absolute atomic E-state index is 11.8. The molecule has 100 valence electrons. The highest BCUT2D eigenvalue weighted by atomic mass is 79.9. The zero-order chi connectivity index (χ0) is 13.5. The molecule has 1 N–H and O–H groups in total. The number of nitrogens with zero attached hydrogens (tertiary/aromatic N) is 2. The minimum Gasteiger partial charge on any atom is -0.352 e. The maximum Gasteiger partial charge on any atom is 0.251 e. The summed E-state index contributed by atoms with van der Waals surface area (Å²) in [6.45, 7) is 1.64. The van der Waals surface area contributed by atoms with Gasteiger partial charge in [0.15, 0.2) is 0 Å². The van der Waals surface area contributed by atoms with Crippen molar-refractivity contribution in [3.63, 3.8) is 0 Å². The van der Waals surface area contributed by atoms with E-state index in [9.17, 15) is 4.79 Å². The Balaban J connectivity index is 1.65. The molecular formula is C14H16BrN3O. The molecule has 0 saturated carbocycles. The van der Waals surface area contributed by atoms with E-state index in [1.165, 1.54) is 0 Å². The molecule has 4 nitrogen and oxygen atoms in total. The molecular weight excluding hydrogens is 306 g/mol. The molecule has 5 heteroatoms. The number of aromatic nitrogens is 2. The Morgan fingerprint density at radius 3 is 2.74 bits per heavy atom. The summed E-state index contributed by atoms with van der Waals surface area (Å²) in [5, 5.41) is 2.92. The Morgan fingerprint density at radius 1 is 1.26 bits per heavy atom. The average Bonchev–Trinajstić information content (AvgIpc) is 2.92. The van der Waals surface area contributed by atoms with Crippen LogP contribution in [0.1, 0.15) is 23.2 Å². The first-order valence-electron chi connectivity index (χ1n) is 6.25. The molecule has 2 rings (SSSR count). The van der Waals surface area contributed by atoms with Crippen LogP contribution < -0.4 is 5.32 Å².